The van der Waals surface area contributed by atoms with Crippen LogP contribution in [0.4, 0.5) is 0 Å². The third-order valence-corrected chi connectivity index (χ3v) is 1.42. The van der Waals surface area contributed by atoms with E-state index in [1.807, 2.05) is 6.07 Å². The van der Waals surface area contributed by atoms with Crippen LogP contribution in [-0.4, -0.2) is 19.0 Å². The van der Waals surface area contributed by atoms with Crippen molar-refractivity contribution >= 4 is 5.91 Å². The fraction of sp³-hybridized carbons (Fsp3) is 0.250. The van der Waals surface area contributed by atoms with Gasteiger partial charge in [-0.1, -0.05) is 6.08 Å². The van der Waals surface area contributed by atoms with Gasteiger partial charge in [-0.2, -0.15) is 5.26 Å². The molecule has 0 saturated heterocycles. The normalized spacial score (nSPS) is 14.1. The van der Waals surface area contributed by atoms with Crippen molar-refractivity contribution in [3.8, 4) is 6.07 Å². The molecule has 1 heterocycles. The van der Waals surface area contributed by atoms with Crippen molar-refractivity contribution in [2.24, 2.45) is 0 Å². The topological polar surface area (TPSA) is 64.9 Å². The second-order valence-electron chi connectivity index (χ2n) is 2.27. The Morgan fingerprint density at radius 3 is 3.25 bits per heavy atom. The summed E-state index contributed by atoms with van der Waals surface area (Å²) in [6.45, 7) is 0.577. The van der Waals surface area contributed by atoms with Crippen LogP contribution in [0.1, 0.15) is 0 Å². The van der Waals surface area contributed by atoms with Gasteiger partial charge in [-0.3, -0.25) is 4.79 Å². The second kappa shape index (κ2) is 4.19. The maximum Gasteiger partial charge on any atom is 0.249 e. The molecule has 0 unspecified atom stereocenters. The van der Waals surface area contributed by atoms with E-state index in [1.54, 1.807) is 18.4 Å². The maximum absolute atomic E-state index is 11.2. The molecule has 4 nitrogen and oxygen atoms in total. The highest BCUT2D eigenvalue weighted by molar-refractivity contribution is 5.94. The molecule has 4 heteroatoms. The number of hydrogen-bond donors (Lipinski definition) is 2. The van der Waals surface area contributed by atoms with E-state index in [2.05, 4.69) is 10.6 Å². The van der Waals surface area contributed by atoms with E-state index in [1.165, 1.54) is 0 Å². The maximum atomic E-state index is 11.2. The largest absolute Gasteiger partial charge is 0.387 e. The zero-order valence-electron chi connectivity index (χ0n) is 6.50. The minimum absolute atomic E-state index is 0.0554. The fourth-order valence-electron chi connectivity index (χ4n) is 0.849. The summed E-state index contributed by atoms with van der Waals surface area (Å²) in [5.41, 5.74) is 0.646. The van der Waals surface area contributed by atoms with Crippen molar-refractivity contribution in [3.05, 3.63) is 23.9 Å². The lowest BCUT2D eigenvalue weighted by atomic mass is 10.2. The standard InChI is InChI=1S/C8H9N3O/c9-3-5-11-8(12)7-2-1-4-10-6-7/h1-2,4,10H,5-6H2,(H,11,12). The average Bonchev–Trinajstić information content (AvgIpc) is 2.15. The van der Waals surface area contributed by atoms with Crippen LogP contribution in [-0.2, 0) is 4.79 Å². The number of rotatable bonds is 2. The smallest absolute Gasteiger partial charge is 0.249 e. The van der Waals surface area contributed by atoms with Gasteiger partial charge in [-0.15, -0.1) is 0 Å². The van der Waals surface area contributed by atoms with E-state index in [0.717, 1.165) is 0 Å². The van der Waals surface area contributed by atoms with Gasteiger partial charge in [0.1, 0.15) is 6.54 Å². The van der Waals surface area contributed by atoms with Crippen molar-refractivity contribution < 1.29 is 4.79 Å². The molecule has 12 heavy (non-hydrogen) atoms. The number of amides is 1. The van der Waals surface area contributed by atoms with Crippen LogP contribution in [0.2, 0.25) is 0 Å². The quantitative estimate of drug-likeness (QED) is 0.548. The molecule has 1 rings (SSSR count). The van der Waals surface area contributed by atoms with Crippen molar-refractivity contribution in [3.63, 3.8) is 0 Å². The number of carbonyl (C=O) groups excluding carboxylic acids is 1. The Morgan fingerprint density at radius 1 is 1.83 bits per heavy atom. The van der Waals surface area contributed by atoms with E-state index in [9.17, 15) is 4.79 Å². The lowest BCUT2D eigenvalue weighted by Crippen LogP contribution is -2.30. The van der Waals surface area contributed by atoms with Gasteiger partial charge in [0.05, 0.1) is 6.07 Å². The van der Waals surface area contributed by atoms with Crippen LogP contribution in [0.3, 0.4) is 0 Å². The summed E-state index contributed by atoms with van der Waals surface area (Å²) in [5, 5.41) is 13.6. The predicted molar refractivity (Wildman–Crippen MR) is 43.8 cm³/mol. The Kier molecular flexibility index (Phi) is 2.91. The first kappa shape index (κ1) is 8.34. The van der Waals surface area contributed by atoms with Crippen LogP contribution >= 0.6 is 0 Å². The molecular formula is C8H9N3O. The highest BCUT2D eigenvalue weighted by Crippen LogP contribution is 1.97. The Bertz CT molecular complexity index is 273. The van der Waals surface area contributed by atoms with Crippen LogP contribution in [0.25, 0.3) is 0 Å². The number of hydrogen-bond acceptors (Lipinski definition) is 3. The molecule has 0 radical (unpaired) electrons. The molecular weight excluding hydrogens is 154 g/mol. The Labute approximate surface area is 70.6 Å². The average molecular weight is 163 g/mol. The van der Waals surface area contributed by atoms with E-state index < -0.39 is 0 Å². The van der Waals surface area contributed by atoms with Crippen molar-refractivity contribution in [2.45, 2.75) is 0 Å². The highest BCUT2D eigenvalue weighted by atomic mass is 16.1. The first-order chi connectivity index (χ1) is 5.84. The number of allylic oxidation sites excluding steroid dienone is 2. The molecule has 0 saturated carbocycles. The number of nitrogens with one attached hydrogen (secondary N) is 2. The van der Waals surface area contributed by atoms with Crippen LogP contribution in [0.15, 0.2) is 23.9 Å². The van der Waals surface area contributed by atoms with Crippen LogP contribution in [0.5, 0.6) is 0 Å². The lowest BCUT2D eigenvalue weighted by Gasteiger charge is -2.08. The lowest BCUT2D eigenvalue weighted by molar-refractivity contribution is -0.117. The second-order valence-corrected chi connectivity index (χ2v) is 2.27. The molecule has 1 aliphatic rings. The molecule has 0 fully saturated rings. The monoisotopic (exact) mass is 163 g/mol. The summed E-state index contributed by atoms with van der Waals surface area (Å²) >= 11 is 0. The molecule has 0 aromatic rings. The Morgan fingerprint density at radius 2 is 2.67 bits per heavy atom. The summed E-state index contributed by atoms with van der Waals surface area (Å²) < 4.78 is 0. The van der Waals surface area contributed by atoms with Crippen molar-refractivity contribution in [2.75, 3.05) is 13.1 Å². The Hall–Kier alpha value is -1.76. The van der Waals surface area contributed by atoms with Gasteiger partial charge >= 0.3 is 0 Å². The molecule has 1 aliphatic heterocycles. The van der Waals surface area contributed by atoms with E-state index in [4.69, 9.17) is 5.26 Å². The summed E-state index contributed by atoms with van der Waals surface area (Å²) in [4.78, 5) is 11.2. The van der Waals surface area contributed by atoms with Gasteiger partial charge in [0.15, 0.2) is 0 Å². The summed E-state index contributed by atoms with van der Waals surface area (Å²) in [6, 6.07) is 1.84. The first-order valence-electron chi connectivity index (χ1n) is 3.59. The van der Waals surface area contributed by atoms with E-state index in [0.29, 0.717) is 12.1 Å². The van der Waals surface area contributed by atoms with Gasteiger partial charge in [0.25, 0.3) is 0 Å². The minimum Gasteiger partial charge on any atom is -0.387 e. The molecule has 2 N–H and O–H groups in total. The van der Waals surface area contributed by atoms with E-state index >= 15 is 0 Å². The molecule has 0 aromatic carbocycles. The van der Waals surface area contributed by atoms with Crippen LogP contribution < -0.4 is 10.6 Å². The van der Waals surface area contributed by atoms with Crippen LogP contribution in [0, 0.1) is 11.3 Å². The molecule has 0 bridgehead atoms. The molecule has 0 atom stereocenters. The van der Waals surface area contributed by atoms with Gasteiger partial charge in [-0.05, 0) is 12.3 Å². The highest BCUT2D eigenvalue weighted by Gasteiger charge is 2.07. The van der Waals surface area contributed by atoms with Gasteiger partial charge in [0.2, 0.25) is 5.91 Å². The predicted octanol–water partition coefficient (Wildman–Crippen LogP) is -0.331. The Balaban J connectivity index is 2.47. The molecule has 0 aliphatic carbocycles. The third-order valence-electron chi connectivity index (χ3n) is 1.42. The molecule has 0 aromatic heterocycles. The zero-order chi connectivity index (χ0) is 8.81. The van der Waals surface area contributed by atoms with Crippen molar-refractivity contribution in [1.29, 1.82) is 5.26 Å². The first-order valence-corrected chi connectivity index (χ1v) is 3.59. The number of nitriles is 1. The van der Waals surface area contributed by atoms with Gasteiger partial charge in [-0.25, -0.2) is 0 Å². The number of nitrogens with zero attached hydrogens (tertiary/aromatic N) is 1. The summed E-state index contributed by atoms with van der Waals surface area (Å²) in [5.74, 6) is -0.187. The molecule has 0 spiro atoms. The van der Waals surface area contributed by atoms with E-state index in [-0.39, 0.29) is 12.5 Å². The number of dihydropyridines is 1. The molecule has 1 amide bonds. The van der Waals surface area contributed by atoms with Gasteiger partial charge < -0.3 is 10.6 Å². The summed E-state index contributed by atoms with van der Waals surface area (Å²) in [7, 11) is 0. The fourth-order valence-corrected chi connectivity index (χ4v) is 0.849. The summed E-state index contributed by atoms with van der Waals surface area (Å²) in [6.07, 6.45) is 5.25. The minimum atomic E-state index is -0.187. The zero-order valence-corrected chi connectivity index (χ0v) is 6.50. The number of carbonyl (C=O) groups is 1. The van der Waals surface area contributed by atoms with Crippen molar-refractivity contribution in [1.82, 2.24) is 10.6 Å². The van der Waals surface area contributed by atoms with Gasteiger partial charge in [0, 0.05) is 12.1 Å². The molecule has 62 valence electrons. The third kappa shape index (κ3) is 2.13. The SMILES string of the molecule is N#CCNC(=O)C1=CC=CNC1.